The topological polar surface area (TPSA) is 15.3 Å². The smallest absolute Gasteiger partial charge is 0.000687 e. The van der Waals surface area contributed by atoms with Crippen LogP contribution in [0.25, 0.3) is 0 Å². The Morgan fingerprint density at radius 3 is 2.17 bits per heavy atom. The monoisotopic (exact) mass is 172 g/mol. The lowest BCUT2D eigenvalue weighted by Gasteiger charge is -2.17. The summed E-state index contributed by atoms with van der Waals surface area (Å²) in [5.41, 5.74) is 0. The second-order valence-corrected chi connectivity index (χ2v) is 3.13. The van der Waals surface area contributed by atoms with E-state index in [0.717, 1.165) is 6.54 Å². The van der Waals surface area contributed by atoms with Gasteiger partial charge in [0, 0.05) is 0 Å². The van der Waals surface area contributed by atoms with E-state index < -0.39 is 0 Å². The molecule has 2 nitrogen and oxygen atoms in total. The zero-order valence-corrected chi connectivity index (χ0v) is 8.90. The van der Waals surface area contributed by atoms with Crippen molar-refractivity contribution in [3.8, 4) is 0 Å². The van der Waals surface area contributed by atoms with Gasteiger partial charge in [-0.15, -0.1) is 0 Å². The Hall–Kier alpha value is -0.0800. The van der Waals surface area contributed by atoms with E-state index in [0.29, 0.717) is 0 Å². The predicted molar refractivity (Wildman–Crippen MR) is 55.6 cm³/mol. The highest BCUT2D eigenvalue weighted by Gasteiger charge is 1.96. The maximum Gasteiger partial charge on any atom is -0.000687 e. The Kier molecular flexibility index (Phi) is 8.95. The molecule has 12 heavy (non-hydrogen) atoms. The van der Waals surface area contributed by atoms with Crippen molar-refractivity contribution in [2.45, 2.75) is 33.6 Å². The van der Waals surface area contributed by atoms with Crippen LogP contribution in [0.4, 0.5) is 0 Å². The molecule has 0 saturated heterocycles. The van der Waals surface area contributed by atoms with Crippen molar-refractivity contribution < 1.29 is 0 Å². The average Bonchev–Trinajstić information content (AvgIpc) is 2.11. The molecule has 0 spiro atoms. The second-order valence-electron chi connectivity index (χ2n) is 3.13. The summed E-state index contributed by atoms with van der Waals surface area (Å²) < 4.78 is 0. The third-order valence-electron chi connectivity index (χ3n) is 2.15. The third-order valence-corrected chi connectivity index (χ3v) is 2.15. The van der Waals surface area contributed by atoms with Gasteiger partial charge in [0.15, 0.2) is 0 Å². The molecule has 0 aliphatic rings. The minimum Gasteiger partial charge on any atom is -0.317 e. The van der Waals surface area contributed by atoms with E-state index in [1.807, 2.05) is 0 Å². The molecule has 0 unspecified atom stereocenters. The van der Waals surface area contributed by atoms with Gasteiger partial charge in [-0.2, -0.15) is 0 Å². The van der Waals surface area contributed by atoms with Crippen molar-refractivity contribution in [3.05, 3.63) is 0 Å². The summed E-state index contributed by atoms with van der Waals surface area (Å²) in [6.45, 7) is 12.6. The maximum absolute atomic E-state index is 3.41. The van der Waals surface area contributed by atoms with E-state index in [4.69, 9.17) is 0 Å². The van der Waals surface area contributed by atoms with E-state index in [2.05, 4.69) is 31.0 Å². The lowest BCUT2D eigenvalue weighted by molar-refractivity contribution is 0.298. The minimum atomic E-state index is 1.16. The van der Waals surface area contributed by atoms with Gasteiger partial charge in [0.1, 0.15) is 0 Å². The molecule has 0 atom stereocenters. The number of hydrogen-bond donors (Lipinski definition) is 1. The van der Waals surface area contributed by atoms with Gasteiger partial charge in [-0.1, -0.05) is 20.8 Å². The zero-order valence-electron chi connectivity index (χ0n) is 8.90. The van der Waals surface area contributed by atoms with Crippen LogP contribution in [0.2, 0.25) is 0 Å². The Morgan fingerprint density at radius 1 is 1.00 bits per heavy atom. The Balaban J connectivity index is 3.06. The van der Waals surface area contributed by atoms with Crippen LogP contribution in [0, 0.1) is 0 Å². The molecule has 0 radical (unpaired) electrons. The fourth-order valence-corrected chi connectivity index (χ4v) is 1.27. The van der Waals surface area contributed by atoms with E-state index >= 15 is 0 Å². The first-order valence-corrected chi connectivity index (χ1v) is 5.28. The van der Waals surface area contributed by atoms with Crippen LogP contribution in [0.15, 0.2) is 0 Å². The first kappa shape index (κ1) is 11.9. The van der Waals surface area contributed by atoms with Crippen LogP contribution >= 0.6 is 0 Å². The third kappa shape index (κ3) is 6.62. The number of hydrogen-bond acceptors (Lipinski definition) is 2. The van der Waals surface area contributed by atoms with Gasteiger partial charge in [0.2, 0.25) is 0 Å². The molecular formula is C10H24N2. The SMILES string of the molecule is CCCNCCCN(CC)CC. The number of nitrogens with zero attached hydrogens (tertiary/aromatic N) is 1. The molecule has 2 heteroatoms. The normalized spacial score (nSPS) is 11.0. The van der Waals surface area contributed by atoms with Gasteiger partial charge in [-0.05, 0) is 45.6 Å². The largest absolute Gasteiger partial charge is 0.317 e. The molecule has 0 aliphatic heterocycles. The van der Waals surface area contributed by atoms with E-state index in [1.54, 1.807) is 0 Å². The molecule has 1 N–H and O–H groups in total. The molecule has 0 aliphatic carbocycles. The molecule has 0 heterocycles. The van der Waals surface area contributed by atoms with Crippen molar-refractivity contribution in [2.24, 2.45) is 0 Å². The van der Waals surface area contributed by atoms with E-state index in [-0.39, 0.29) is 0 Å². The summed E-state index contributed by atoms with van der Waals surface area (Å²) in [6.07, 6.45) is 2.52. The first-order chi connectivity index (χ1) is 5.85. The Bertz CT molecular complexity index is 79.9. The Labute approximate surface area is 77.3 Å². The van der Waals surface area contributed by atoms with Crippen LogP contribution in [0.3, 0.4) is 0 Å². The lowest BCUT2D eigenvalue weighted by atomic mass is 10.3. The zero-order chi connectivity index (χ0) is 9.23. The fourth-order valence-electron chi connectivity index (χ4n) is 1.27. The molecule has 0 rings (SSSR count). The maximum atomic E-state index is 3.41. The van der Waals surface area contributed by atoms with Gasteiger partial charge < -0.3 is 10.2 Å². The van der Waals surface area contributed by atoms with Gasteiger partial charge in [0.25, 0.3) is 0 Å². The van der Waals surface area contributed by atoms with Crippen LogP contribution in [0.5, 0.6) is 0 Å². The summed E-state index contributed by atoms with van der Waals surface area (Å²) in [6, 6.07) is 0. The highest BCUT2D eigenvalue weighted by atomic mass is 15.1. The summed E-state index contributed by atoms with van der Waals surface area (Å²) in [5.74, 6) is 0. The molecule has 0 aromatic heterocycles. The van der Waals surface area contributed by atoms with Gasteiger partial charge in [-0.3, -0.25) is 0 Å². The number of nitrogens with one attached hydrogen (secondary N) is 1. The van der Waals surface area contributed by atoms with Crippen LogP contribution in [-0.2, 0) is 0 Å². The molecule has 74 valence electrons. The lowest BCUT2D eigenvalue weighted by Crippen LogP contribution is -2.27. The minimum absolute atomic E-state index is 1.16. The van der Waals surface area contributed by atoms with Crippen molar-refractivity contribution >= 4 is 0 Å². The molecule has 0 aromatic carbocycles. The fraction of sp³-hybridized carbons (Fsp3) is 1.00. The predicted octanol–water partition coefficient (Wildman–Crippen LogP) is 1.72. The van der Waals surface area contributed by atoms with Crippen LogP contribution < -0.4 is 5.32 Å². The molecule has 0 fully saturated rings. The first-order valence-electron chi connectivity index (χ1n) is 5.28. The summed E-state index contributed by atoms with van der Waals surface area (Å²) in [7, 11) is 0. The standard InChI is InChI=1S/C10H24N2/c1-4-8-11-9-7-10-12(5-2)6-3/h11H,4-10H2,1-3H3. The second kappa shape index (κ2) is 9.01. The highest BCUT2D eigenvalue weighted by molar-refractivity contribution is 4.54. The van der Waals surface area contributed by atoms with E-state index in [9.17, 15) is 0 Å². The molecule has 0 saturated carbocycles. The van der Waals surface area contributed by atoms with Gasteiger partial charge in [-0.25, -0.2) is 0 Å². The highest BCUT2D eigenvalue weighted by Crippen LogP contribution is 1.88. The molecular weight excluding hydrogens is 148 g/mol. The Morgan fingerprint density at radius 2 is 1.67 bits per heavy atom. The summed E-state index contributed by atoms with van der Waals surface area (Å²) >= 11 is 0. The van der Waals surface area contributed by atoms with Crippen molar-refractivity contribution in [2.75, 3.05) is 32.7 Å². The molecule has 0 aromatic rings. The molecule has 0 amide bonds. The van der Waals surface area contributed by atoms with Crippen LogP contribution in [-0.4, -0.2) is 37.6 Å². The quantitative estimate of drug-likeness (QED) is 0.561. The van der Waals surface area contributed by atoms with Crippen molar-refractivity contribution in [3.63, 3.8) is 0 Å². The average molecular weight is 172 g/mol. The summed E-state index contributed by atoms with van der Waals surface area (Å²) in [5, 5.41) is 3.41. The van der Waals surface area contributed by atoms with Crippen LogP contribution in [0.1, 0.15) is 33.6 Å². The van der Waals surface area contributed by atoms with Crippen molar-refractivity contribution in [1.82, 2.24) is 10.2 Å². The van der Waals surface area contributed by atoms with E-state index in [1.165, 1.54) is 39.0 Å². The van der Waals surface area contributed by atoms with Gasteiger partial charge in [0.05, 0.1) is 0 Å². The van der Waals surface area contributed by atoms with Gasteiger partial charge >= 0.3 is 0 Å². The van der Waals surface area contributed by atoms with Crippen molar-refractivity contribution in [1.29, 1.82) is 0 Å². The number of rotatable bonds is 8. The molecule has 0 bridgehead atoms. The summed E-state index contributed by atoms with van der Waals surface area (Å²) in [4.78, 5) is 2.47.